The fourth-order valence-electron chi connectivity index (χ4n) is 3.64. The molecule has 1 aromatic heterocycles. The van der Waals surface area contributed by atoms with Crippen molar-refractivity contribution in [2.24, 2.45) is 0 Å². The Bertz CT molecular complexity index is 1090. The Hall–Kier alpha value is -3.26. The summed E-state index contributed by atoms with van der Waals surface area (Å²) in [5.41, 5.74) is 0.613. The van der Waals surface area contributed by atoms with Crippen LogP contribution in [0.4, 0.5) is 11.5 Å². The second-order valence-corrected chi connectivity index (χ2v) is 7.32. The number of anilines is 1. The number of nitro groups is 1. The maximum atomic E-state index is 12.7. The number of amides is 1. The fourth-order valence-corrected chi connectivity index (χ4v) is 3.84. The first-order valence-corrected chi connectivity index (χ1v) is 9.55. The number of non-ortho nitro benzene ring substituents is 1. The lowest BCUT2D eigenvalue weighted by molar-refractivity contribution is -0.384. The van der Waals surface area contributed by atoms with Gasteiger partial charge in [0.05, 0.1) is 4.92 Å². The third kappa shape index (κ3) is 3.58. The molecular formula is C20H18ClN5O3. The molecule has 1 atom stereocenters. The summed E-state index contributed by atoms with van der Waals surface area (Å²) in [4.78, 5) is 27.3. The molecule has 1 aliphatic heterocycles. The topological polar surface area (TPSA) is 92.5 Å². The average molecular weight is 412 g/mol. The van der Waals surface area contributed by atoms with E-state index >= 15 is 0 Å². The molecule has 0 unspecified atom stereocenters. The molecule has 2 aromatic carbocycles. The number of carbonyl (C=O) groups excluding carboxylic acids is 1. The Morgan fingerprint density at radius 1 is 1.14 bits per heavy atom. The van der Waals surface area contributed by atoms with Crippen molar-refractivity contribution in [2.45, 2.75) is 13.0 Å². The highest BCUT2D eigenvalue weighted by Gasteiger charge is 2.29. The Labute approximate surface area is 171 Å². The average Bonchev–Trinajstić information content (AvgIpc) is 2.74. The van der Waals surface area contributed by atoms with Gasteiger partial charge in [-0.3, -0.25) is 14.9 Å². The Morgan fingerprint density at radius 3 is 2.59 bits per heavy atom. The molecular weight excluding hydrogens is 394 g/mol. The van der Waals surface area contributed by atoms with Gasteiger partial charge in [-0.1, -0.05) is 29.8 Å². The quantitative estimate of drug-likeness (QED) is 0.483. The van der Waals surface area contributed by atoms with Crippen LogP contribution in [0.5, 0.6) is 0 Å². The third-order valence-electron chi connectivity index (χ3n) is 5.12. The summed E-state index contributed by atoms with van der Waals surface area (Å²) in [6.07, 6.45) is 0. The molecule has 0 spiro atoms. The molecule has 148 valence electrons. The van der Waals surface area contributed by atoms with Crippen molar-refractivity contribution in [3.8, 4) is 0 Å². The van der Waals surface area contributed by atoms with Crippen LogP contribution in [-0.4, -0.2) is 51.6 Å². The summed E-state index contributed by atoms with van der Waals surface area (Å²) in [6.45, 7) is 3.66. The van der Waals surface area contributed by atoms with Crippen molar-refractivity contribution in [3.63, 3.8) is 0 Å². The van der Waals surface area contributed by atoms with Crippen LogP contribution in [0.2, 0.25) is 5.15 Å². The molecule has 9 heteroatoms. The summed E-state index contributed by atoms with van der Waals surface area (Å²) >= 11 is 6.15. The Balaban J connectivity index is 1.62. The van der Waals surface area contributed by atoms with Crippen molar-refractivity contribution < 1.29 is 9.72 Å². The predicted molar refractivity (Wildman–Crippen MR) is 110 cm³/mol. The zero-order chi connectivity index (χ0) is 20.5. The van der Waals surface area contributed by atoms with Gasteiger partial charge in [0.25, 0.3) is 11.6 Å². The van der Waals surface area contributed by atoms with E-state index in [1.165, 1.54) is 12.1 Å². The van der Waals surface area contributed by atoms with Gasteiger partial charge in [0.15, 0.2) is 11.0 Å². The summed E-state index contributed by atoms with van der Waals surface area (Å²) in [7, 11) is 0. The van der Waals surface area contributed by atoms with Gasteiger partial charge in [-0.05, 0) is 25.1 Å². The lowest BCUT2D eigenvalue weighted by Crippen LogP contribution is -2.54. The van der Waals surface area contributed by atoms with Crippen molar-refractivity contribution in [1.29, 1.82) is 0 Å². The minimum Gasteiger partial charge on any atom is -0.348 e. The number of carbonyl (C=O) groups is 1. The van der Waals surface area contributed by atoms with Gasteiger partial charge in [0, 0.05) is 54.1 Å². The molecule has 8 nitrogen and oxygen atoms in total. The third-order valence-corrected chi connectivity index (χ3v) is 5.40. The van der Waals surface area contributed by atoms with Gasteiger partial charge in [0.1, 0.15) is 0 Å². The summed E-state index contributed by atoms with van der Waals surface area (Å²) in [6, 6.07) is 13.7. The van der Waals surface area contributed by atoms with Crippen LogP contribution >= 0.6 is 11.6 Å². The standard InChI is InChI=1S/C20H18ClN5O3/c1-13-12-24(20(27)14-5-3-2-4-6-14)9-10-25(13)19-16-8-7-15(26(28)29)11-17(16)18(21)22-23-19/h2-8,11,13H,9-10,12H2,1H3/t13-/m1/s1. The zero-order valence-corrected chi connectivity index (χ0v) is 16.4. The van der Waals surface area contributed by atoms with E-state index in [4.69, 9.17) is 11.6 Å². The smallest absolute Gasteiger partial charge is 0.270 e. The molecule has 0 aliphatic carbocycles. The number of piperazine rings is 1. The first-order chi connectivity index (χ1) is 14.0. The lowest BCUT2D eigenvalue weighted by atomic mass is 10.1. The molecule has 0 saturated carbocycles. The molecule has 1 amide bonds. The SMILES string of the molecule is C[C@@H]1CN(C(=O)c2ccccc2)CCN1c1nnc(Cl)c2cc([N+](=O)[O-])ccc12. The van der Waals surface area contributed by atoms with Crippen molar-refractivity contribution in [2.75, 3.05) is 24.5 Å². The van der Waals surface area contributed by atoms with Crippen molar-refractivity contribution >= 4 is 39.8 Å². The van der Waals surface area contributed by atoms with Gasteiger partial charge >= 0.3 is 0 Å². The Kier molecular flexibility index (Phi) is 5.02. The summed E-state index contributed by atoms with van der Waals surface area (Å²) in [5, 5.41) is 20.6. The van der Waals surface area contributed by atoms with Crippen LogP contribution in [-0.2, 0) is 0 Å². The van der Waals surface area contributed by atoms with Gasteiger partial charge in [-0.2, -0.15) is 0 Å². The predicted octanol–water partition coefficient (Wildman–Crippen LogP) is 3.54. The highest BCUT2D eigenvalue weighted by Crippen LogP contribution is 2.33. The number of halogens is 1. The van der Waals surface area contributed by atoms with Gasteiger partial charge < -0.3 is 9.80 Å². The highest BCUT2D eigenvalue weighted by molar-refractivity contribution is 6.34. The molecule has 4 rings (SSSR count). The number of aromatic nitrogens is 2. The largest absolute Gasteiger partial charge is 0.348 e. The van der Waals surface area contributed by atoms with E-state index in [1.54, 1.807) is 6.07 Å². The number of hydrogen-bond donors (Lipinski definition) is 0. The number of benzene rings is 2. The number of hydrogen-bond acceptors (Lipinski definition) is 6. The fraction of sp³-hybridized carbons (Fsp3) is 0.250. The lowest BCUT2D eigenvalue weighted by Gasteiger charge is -2.40. The number of fused-ring (bicyclic) bond motifs is 1. The van der Waals surface area contributed by atoms with Gasteiger partial charge in [0.2, 0.25) is 0 Å². The van der Waals surface area contributed by atoms with E-state index in [9.17, 15) is 14.9 Å². The second kappa shape index (κ2) is 7.63. The van der Waals surface area contributed by atoms with E-state index < -0.39 is 4.92 Å². The summed E-state index contributed by atoms with van der Waals surface area (Å²) < 4.78 is 0. The van der Waals surface area contributed by atoms with Crippen LogP contribution in [0, 0.1) is 10.1 Å². The minimum atomic E-state index is -0.466. The molecule has 0 bridgehead atoms. The highest BCUT2D eigenvalue weighted by atomic mass is 35.5. The van der Waals surface area contributed by atoms with Crippen LogP contribution < -0.4 is 4.90 Å². The molecule has 1 fully saturated rings. The number of nitrogens with zero attached hydrogens (tertiary/aromatic N) is 5. The van der Waals surface area contributed by atoms with E-state index in [-0.39, 0.29) is 22.8 Å². The molecule has 0 N–H and O–H groups in total. The molecule has 2 heterocycles. The molecule has 29 heavy (non-hydrogen) atoms. The van der Waals surface area contributed by atoms with E-state index in [1.807, 2.05) is 42.2 Å². The second-order valence-electron chi connectivity index (χ2n) is 6.96. The minimum absolute atomic E-state index is 0.000210. The maximum Gasteiger partial charge on any atom is 0.270 e. The monoisotopic (exact) mass is 411 g/mol. The molecule has 1 saturated heterocycles. The number of nitro benzene ring substituents is 1. The molecule has 1 aliphatic rings. The van der Waals surface area contributed by atoms with Crippen molar-refractivity contribution in [1.82, 2.24) is 15.1 Å². The van der Waals surface area contributed by atoms with Gasteiger partial charge in [-0.25, -0.2) is 0 Å². The van der Waals surface area contributed by atoms with Crippen molar-refractivity contribution in [3.05, 3.63) is 69.4 Å². The normalized spacial score (nSPS) is 16.8. The zero-order valence-electron chi connectivity index (χ0n) is 15.7. The first-order valence-electron chi connectivity index (χ1n) is 9.17. The molecule has 0 radical (unpaired) electrons. The van der Waals surface area contributed by atoms with Crippen LogP contribution in [0.25, 0.3) is 10.8 Å². The number of rotatable bonds is 3. The molecule has 3 aromatic rings. The Morgan fingerprint density at radius 2 is 1.90 bits per heavy atom. The van der Waals surface area contributed by atoms with E-state index in [0.717, 1.165) is 0 Å². The van der Waals surface area contributed by atoms with Crippen LogP contribution in [0.3, 0.4) is 0 Å². The van der Waals surface area contributed by atoms with E-state index in [2.05, 4.69) is 15.1 Å². The van der Waals surface area contributed by atoms with Crippen LogP contribution in [0.1, 0.15) is 17.3 Å². The summed E-state index contributed by atoms with van der Waals surface area (Å²) in [5.74, 6) is 0.610. The van der Waals surface area contributed by atoms with Crippen LogP contribution in [0.15, 0.2) is 48.5 Å². The maximum absolute atomic E-state index is 12.7. The van der Waals surface area contributed by atoms with E-state index in [0.29, 0.717) is 41.8 Å². The van der Waals surface area contributed by atoms with Gasteiger partial charge in [-0.15, -0.1) is 10.2 Å². The first kappa shape index (κ1) is 19.1.